The quantitative estimate of drug-likeness (QED) is 0.723. The molecule has 3 aromatic rings. The van der Waals surface area contributed by atoms with Gasteiger partial charge in [-0.3, -0.25) is 0 Å². The van der Waals surface area contributed by atoms with Gasteiger partial charge < -0.3 is 9.52 Å². The van der Waals surface area contributed by atoms with Crippen molar-refractivity contribution in [3.63, 3.8) is 0 Å². The lowest BCUT2D eigenvalue weighted by atomic mass is 10.1. The topological polar surface area (TPSA) is 33.4 Å². The van der Waals surface area contributed by atoms with Gasteiger partial charge in [0.25, 0.3) is 0 Å². The molecular formula is C16H14O2S. The number of aliphatic hydroxyl groups excluding tert-OH is 1. The summed E-state index contributed by atoms with van der Waals surface area (Å²) < 4.78 is 5.69. The second-order valence-corrected chi connectivity index (χ2v) is 5.24. The van der Waals surface area contributed by atoms with Gasteiger partial charge in [-0.15, -0.1) is 11.8 Å². The fourth-order valence-corrected chi connectivity index (χ4v) is 2.50. The molecule has 2 nitrogen and oxygen atoms in total. The van der Waals surface area contributed by atoms with Crippen molar-refractivity contribution >= 4 is 22.7 Å². The van der Waals surface area contributed by atoms with Crippen molar-refractivity contribution in [2.24, 2.45) is 0 Å². The molecule has 0 aliphatic heterocycles. The van der Waals surface area contributed by atoms with Gasteiger partial charge in [0.15, 0.2) is 0 Å². The maximum atomic E-state index is 10.4. The van der Waals surface area contributed by atoms with Crippen molar-refractivity contribution in [1.82, 2.24) is 0 Å². The van der Waals surface area contributed by atoms with E-state index in [1.54, 1.807) is 11.8 Å². The van der Waals surface area contributed by atoms with E-state index in [0.29, 0.717) is 5.76 Å². The van der Waals surface area contributed by atoms with Gasteiger partial charge >= 0.3 is 0 Å². The first-order valence-corrected chi connectivity index (χ1v) is 7.31. The SMILES string of the molecule is CSc1ccc(C(O)c2cc3ccccc3o2)cc1. The van der Waals surface area contributed by atoms with Crippen LogP contribution in [0.5, 0.6) is 0 Å². The Hall–Kier alpha value is -1.71. The minimum Gasteiger partial charge on any atom is -0.458 e. The average Bonchev–Trinajstić information content (AvgIpc) is 2.90. The van der Waals surface area contributed by atoms with E-state index < -0.39 is 6.10 Å². The Morgan fingerprint density at radius 2 is 1.79 bits per heavy atom. The van der Waals surface area contributed by atoms with E-state index in [9.17, 15) is 5.11 Å². The van der Waals surface area contributed by atoms with Crippen molar-refractivity contribution in [1.29, 1.82) is 0 Å². The van der Waals surface area contributed by atoms with Gasteiger partial charge in [-0.05, 0) is 36.1 Å². The van der Waals surface area contributed by atoms with Crippen LogP contribution >= 0.6 is 11.8 Å². The van der Waals surface area contributed by atoms with Gasteiger partial charge in [-0.25, -0.2) is 0 Å². The molecule has 3 rings (SSSR count). The van der Waals surface area contributed by atoms with Gasteiger partial charge in [0.2, 0.25) is 0 Å². The lowest BCUT2D eigenvalue weighted by Gasteiger charge is -2.08. The Balaban J connectivity index is 1.95. The Labute approximate surface area is 116 Å². The largest absolute Gasteiger partial charge is 0.458 e. The number of hydrogen-bond donors (Lipinski definition) is 1. The lowest BCUT2D eigenvalue weighted by molar-refractivity contribution is 0.192. The average molecular weight is 270 g/mol. The molecule has 3 heteroatoms. The Kier molecular flexibility index (Phi) is 3.32. The summed E-state index contributed by atoms with van der Waals surface area (Å²) in [6.07, 6.45) is 1.31. The highest BCUT2D eigenvalue weighted by Gasteiger charge is 2.15. The van der Waals surface area contributed by atoms with Crippen molar-refractivity contribution in [3.8, 4) is 0 Å². The Morgan fingerprint density at radius 3 is 2.47 bits per heavy atom. The minimum absolute atomic E-state index is 0.582. The van der Waals surface area contributed by atoms with Gasteiger partial charge in [0.1, 0.15) is 17.4 Å². The summed E-state index contributed by atoms with van der Waals surface area (Å²) in [6, 6.07) is 17.5. The number of aliphatic hydroxyl groups is 1. The molecule has 0 radical (unpaired) electrons. The zero-order valence-corrected chi connectivity index (χ0v) is 11.4. The van der Waals surface area contributed by atoms with E-state index in [0.717, 1.165) is 16.5 Å². The van der Waals surface area contributed by atoms with Crippen LogP contribution < -0.4 is 0 Å². The summed E-state index contributed by atoms with van der Waals surface area (Å²) in [5.41, 5.74) is 1.65. The van der Waals surface area contributed by atoms with Crippen LogP contribution in [0, 0.1) is 0 Å². The number of rotatable bonds is 3. The fourth-order valence-electron chi connectivity index (χ4n) is 2.09. The second kappa shape index (κ2) is 5.11. The van der Waals surface area contributed by atoms with Crippen LogP contribution in [-0.4, -0.2) is 11.4 Å². The van der Waals surface area contributed by atoms with Crippen LogP contribution in [0.2, 0.25) is 0 Å². The predicted molar refractivity (Wildman–Crippen MR) is 78.5 cm³/mol. The maximum absolute atomic E-state index is 10.4. The summed E-state index contributed by atoms with van der Waals surface area (Å²) in [4.78, 5) is 1.18. The second-order valence-electron chi connectivity index (χ2n) is 4.36. The molecule has 19 heavy (non-hydrogen) atoms. The molecule has 1 heterocycles. The van der Waals surface area contributed by atoms with Gasteiger partial charge in [0.05, 0.1) is 0 Å². The minimum atomic E-state index is -0.719. The van der Waals surface area contributed by atoms with Crippen LogP contribution in [-0.2, 0) is 0 Å². The van der Waals surface area contributed by atoms with Crippen LogP contribution in [0.15, 0.2) is 63.9 Å². The maximum Gasteiger partial charge on any atom is 0.138 e. The standard InChI is InChI=1S/C16H14O2S/c1-19-13-8-6-11(7-9-13)16(17)15-10-12-4-2-3-5-14(12)18-15/h2-10,16-17H,1H3. The van der Waals surface area contributed by atoms with Gasteiger partial charge in [-0.2, -0.15) is 0 Å². The van der Waals surface area contributed by atoms with Crippen molar-refractivity contribution in [2.75, 3.05) is 6.26 Å². The number of hydrogen-bond acceptors (Lipinski definition) is 3. The lowest BCUT2D eigenvalue weighted by Crippen LogP contribution is -1.97. The summed E-state index contributed by atoms with van der Waals surface area (Å²) >= 11 is 1.68. The molecule has 1 N–H and O–H groups in total. The molecule has 0 saturated heterocycles. The van der Waals surface area contributed by atoms with E-state index in [2.05, 4.69) is 0 Å². The van der Waals surface area contributed by atoms with Crippen LogP contribution in [0.4, 0.5) is 0 Å². The first-order valence-electron chi connectivity index (χ1n) is 6.08. The molecule has 1 atom stereocenters. The molecule has 96 valence electrons. The van der Waals surface area contributed by atoms with Crippen LogP contribution in [0.3, 0.4) is 0 Å². The van der Waals surface area contributed by atoms with E-state index in [4.69, 9.17) is 4.42 Å². The summed E-state index contributed by atoms with van der Waals surface area (Å²) in [5.74, 6) is 0.582. The zero-order chi connectivity index (χ0) is 13.2. The molecule has 1 aromatic heterocycles. The number of para-hydroxylation sites is 1. The summed E-state index contributed by atoms with van der Waals surface area (Å²) in [5, 5.41) is 11.4. The molecule has 1 unspecified atom stereocenters. The van der Waals surface area contributed by atoms with Crippen molar-refractivity contribution in [3.05, 3.63) is 65.9 Å². The molecule has 0 amide bonds. The van der Waals surface area contributed by atoms with Gasteiger partial charge in [-0.1, -0.05) is 30.3 Å². The van der Waals surface area contributed by atoms with Crippen LogP contribution in [0.25, 0.3) is 11.0 Å². The molecule has 0 aliphatic carbocycles. The highest BCUT2D eigenvalue weighted by atomic mass is 32.2. The fraction of sp³-hybridized carbons (Fsp3) is 0.125. The Bertz CT molecular complexity index is 652. The van der Waals surface area contributed by atoms with E-state index >= 15 is 0 Å². The number of furan rings is 1. The van der Waals surface area contributed by atoms with Crippen molar-refractivity contribution < 1.29 is 9.52 Å². The third-order valence-electron chi connectivity index (χ3n) is 3.15. The predicted octanol–water partition coefficient (Wildman–Crippen LogP) is 4.24. The molecule has 0 fully saturated rings. The van der Waals surface area contributed by atoms with E-state index in [1.165, 1.54) is 4.90 Å². The molecular weight excluding hydrogens is 256 g/mol. The highest BCUT2D eigenvalue weighted by Crippen LogP contribution is 2.29. The number of fused-ring (bicyclic) bond motifs is 1. The third-order valence-corrected chi connectivity index (χ3v) is 3.89. The van der Waals surface area contributed by atoms with Gasteiger partial charge in [0, 0.05) is 10.3 Å². The van der Waals surface area contributed by atoms with Crippen LogP contribution in [0.1, 0.15) is 17.4 Å². The first kappa shape index (κ1) is 12.3. The molecule has 0 aliphatic rings. The molecule has 0 spiro atoms. The molecule has 0 saturated carbocycles. The molecule has 0 bridgehead atoms. The summed E-state index contributed by atoms with van der Waals surface area (Å²) in [6.45, 7) is 0. The Morgan fingerprint density at radius 1 is 1.05 bits per heavy atom. The normalized spacial score (nSPS) is 12.7. The number of thioether (sulfide) groups is 1. The van der Waals surface area contributed by atoms with Crippen molar-refractivity contribution in [2.45, 2.75) is 11.0 Å². The monoisotopic (exact) mass is 270 g/mol. The summed E-state index contributed by atoms with van der Waals surface area (Å²) in [7, 11) is 0. The number of benzene rings is 2. The van der Waals surface area contributed by atoms with E-state index in [1.807, 2.05) is 60.9 Å². The zero-order valence-electron chi connectivity index (χ0n) is 10.5. The molecule has 2 aromatic carbocycles. The first-order chi connectivity index (χ1) is 9.28. The third kappa shape index (κ3) is 2.39. The highest BCUT2D eigenvalue weighted by molar-refractivity contribution is 7.98. The smallest absolute Gasteiger partial charge is 0.138 e. The van der Waals surface area contributed by atoms with E-state index in [-0.39, 0.29) is 0 Å².